The van der Waals surface area contributed by atoms with Gasteiger partial charge in [0.05, 0.1) is 6.61 Å². The first-order valence-corrected chi connectivity index (χ1v) is 10.2. The van der Waals surface area contributed by atoms with Gasteiger partial charge in [-0.05, 0) is 35.4 Å². The van der Waals surface area contributed by atoms with Gasteiger partial charge in [-0.3, -0.25) is 4.79 Å². The second kappa shape index (κ2) is 11.1. The second-order valence-electron chi connectivity index (χ2n) is 7.13. The van der Waals surface area contributed by atoms with Gasteiger partial charge in [0.15, 0.2) is 5.54 Å². The van der Waals surface area contributed by atoms with Gasteiger partial charge in [0.25, 0.3) is 5.91 Å². The van der Waals surface area contributed by atoms with Crippen LogP contribution < -0.4 is 10.1 Å². The number of carbonyl (C=O) groups excluding carboxylic acids is 1. The van der Waals surface area contributed by atoms with E-state index in [-0.39, 0.29) is 32.1 Å². The van der Waals surface area contributed by atoms with E-state index >= 15 is 0 Å². The molecule has 1 heterocycles. The van der Waals surface area contributed by atoms with Crippen molar-refractivity contribution in [3.63, 3.8) is 0 Å². The molecule has 0 saturated carbocycles. The first kappa shape index (κ1) is 23.1. The zero-order valence-corrected chi connectivity index (χ0v) is 17.4. The summed E-state index contributed by atoms with van der Waals surface area (Å²) in [6.45, 7) is -0.427. The number of nitrogens with one attached hydrogen (secondary N) is 1. The van der Waals surface area contributed by atoms with E-state index in [0.717, 1.165) is 0 Å². The third-order valence-electron chi connectivity index (χ3n) is 4.87. The summed E-state index contributed by atoms with van der Waals surface area (Å²) in [4.78, 5) is 20.4. The van der Waals surface area contributed by atoms with Crippen molar-refractivity contribution >= 4 is 17.5 Å². The van der Waals surface area contributed by atoms with Gasteiger partial charge >= 0.3 is 0 Å². The molecular weight excluding hydrogens is 417 g/mol. The van der Waals surface area contributed by atoms with E-state index in [1.807, 2.05) is 0 Å². The largest absolute Gasteiger partial charge is 0.494 e. The Balaban J connectivity index is 1.88. The topological polar surface area (TPSA) is 129 Å². The highest BCUT2D eigenvalue weighted by Gasteiger charge is 2.44. The van der Waals surface area contributed by atoms with Crippen LogP contribution in [0.15, 0.2) is 58.6 Å². The number of alkyl halides is 1. The number of carbonyl (C=O) groups is 1. The summed E-state index contributed by atoms with van der Waals surface area (Å²) in [5.41, 5.74) is 9.18. The van der Waals surface area contributed by atoms with Crippen LogP contribution in [-0.4, -0.2) is 55.5 Å². The second-order valence-corrected chi connectivity index (χ2v) is 7.13. The zero-order chi connectivity index (χ0) is 22.8. The molecule has 0 spiro atoms. The molecule has 1 aliphatic heterocycles. The first-order valence-electron chi connectivity index (χ1n) is 10.2. The number of rotatable bonds is 11. The molecule has 1 aliphatic rings. The van der Waals surface area contributed by atoms with E-state index in [2.05, 4.69) is 20.3 Å². The summed E-state index contributed by atoms with van der Waals surface area (Å²) in [5.74, 6) is 0.449. The molecule has 1 amide bonds. The molecule has 1 atom stereocenters. The molecule has 2 aromatic carbocycles. The van der Waals surface area contributed by atoms with Gasteiger partial charge in [-0.15, -0.1) is 0 Å². The quantitative estimate of drug-likeness (QED) is 0.240. The Labute approximate surface area is 184 Å². The SMILES string of the molecule is [N-]=[N+]=Nc1ccccc1C[C@]1(C(=O)NCCF)COC(c2ccc(OCCCO)cc2)=N1. The van der Waals surface area contributed by atoms with Crippen molar-refractivity contribution < 1.29 is 23.8 Å². The highest BCUT2D eigenvalue weighted by Crippen LogP contribution is 2.31. The maximum atomic E-state index is 13.0. The highest BCUT2D eigenvalue weighted by atomic mass is 19.1. The van der Waals surface area contributed by atoms with Gasteiger partial charge in [0.2, 0.25) is 5.90 Å². The number of nitrogens with zero attached hydrogens (tertiary/aromatic N) is 4. The molecule has 0 saturated heterocycles. The van der Waals surface area contributed by atoms with Crippen LogP contribution in [0.25, 0.3) is 10.4 Å². The van der Waals surface area contributed by atoms with Gasteiger partial charge in [0, 0.05) is 42.2 Å². The Kier molecular flexibility index (Phi) is 8.02. The van der Waals surface area contributed by atoms with Gasteiger partial charge in [0.1, 0.15) is 19.0 Å². The molecule has 10 heteroatoms. The molecular formula is C22H24FN5O4. The number of aliphatic hydroxyl groups excluding tert-OH is 1. The molecule has 0 aromatic heterocycles. The van der Waals surface area contributed by atoms with Crippen LogP contribution in [0.1, 0.15) is 17.5 Å². The minimum absolute atomic E-state index is 0.0419. The lowest BCUT2D eigenvalue weighted by Gasteiger charge is -2.23. The van der Waals surface area contributed by atoms with Crippen molar-refractivity contribution in [2.45, 2.75) is 18.4 Å². The van der Waals surface area contributed by atoms with Gasteiger partial charge < -0.3 is 19.9 Å². The zero-order valence-electron chi connectivity index (χ0n) is 17.4. The summed E-state index contributed by atoms with van der Waals surface area (Å²) in [7, 11) is 0. The van der Waals surface area contributed by atoms with Crippen LogP contribution in [0.5, 0.6) is 5.75 Å². The van der Waals surface area contributed by atoms with E-state index in [1.54, 1.807) is 48.5 Å². The fraction of sp³-hybridized carbons (Fsp3) is 0.364. The predicted molar refractivity (Wildman–Crippen MR) is 117 cm³/mol. The Morgan fingerprint density at radius 3 is 2.81 bits per heavy atom. The highest BCUT2D eigenvalue weighted by molar-refractivity contribution is 6.00. The Morgan fingerprint density at radius 1 is 1.31 bits per heavy atom. The Bertz CT molecular complexity index is 1010. The van der Waals surface area contributed by atoms with Gasteiger partial charge in [-0.1, -0.05) is 29.4 Å². The number of amides is 1. The maximum Gasteiger partial charge on any atom is 0.252 e. The number of hydrogen-bond donors (Lipinski definition) is 2. The lowest BCUT2D eigenvalue weighted by molar-refractivity contribution is -0.126. The standard InChI is InChI=1S/C22H24FN5O4/c23-10-11-25-21(30)22(14-17-4-1-2-5-19(17)27-28-24)15-32-20(26-22)16-6-8-18(9-7-16)31-13-3-12-29/h1-2,4-9,29H,3,10-15H2,(H,25,30)/t22-/m1/s1. The van der Waals surface area contributed by atoms with E-state index in [4.69, 9.17) is 20.1 Å². The normalized spacial score (nSPS) is 17.1. The lowest BCUT2D eigenvalue weighted by atomic mass is 9.90. The smallest absolute Gasteiger partial charge is 0.252 e. The van der Waals surface area contributed by atoms with Crippen molar-refractivity contribution in [3.05, 3.63) is 70.1 Å². The molecule has 0 unspecified atom stereocenters. The molecule has 0 bridgehead atoms. The van der Waals surface area contributed by atoms with Gasteiger partial charge in [-0.25, -0.2) is 9.38 Å². The molecule has 0 fully saturated rings. The summed E-state index contributed by atoms with van der Waals surface area (Å²) in [5, 5.41) is 15.1. The van der Waals surface area contributed by atoms with E-state index in [1.165, 1.54) is 0 Å². The Morgan fingerprint density at radius 2 is 2.09 bits per heavy atom. The maximum absolute atomic E-state index is 13.0. The van der Waals surface area contributed by atoms with Crippen LogP contribution in [0, 0.1) is 0 Å². The monoisotopic (exact) mass is 441 g/mol. The van der Waals surface area contributed by atoms with Crippen LogP contribution in [-0.2, 0) is 16.0 Å². The van der Waals surface area contributed by atoms with Crippen LogP contribution in [0.2, 0.25) is 0 Å². The fourth-order valence-corrected chi connectivity index (χ4v) is 3.28. The fourth-order valence-electron chi connectivity index (χ4n) is 3.28. The summed E-state index contributed by atoms with van der Waals surface area (Å²) < 4.78 is 24.0. The molecule has 0 radical (unpaired) electrons. The van der Waals surface area contributed by atoms with Crippen molar-refractivity contribution in [2.24, 2.45) is 10.1 Å². The molecule has 2 aromatic rings. The number of ether oxygens (including phenoxy) is 2. The minimum Gasteiger partial charge on any atom is -0.494 e. The predicted octanol–water partition coefficient (Wildman–Crippen LogP) is 3.23. The first-order chi connectivity index (χ1) is 15.6. The summed E-state index contributed by atoms with van der Waals surface area (Å²) in [6, 6.07) is 13.9. The van der Waals surface area contributed by atoms with Crippen molar-refractivity contribution in [2.75, 3.05) is 33.0 Å². The molecule has 3 rings (SSSR count). The average molecular weight is 441 g/mol. The number of aliphatic imine (C=N–C) groups is 1. The van der Waals surface area contributed by atoms with E-state index in [9.17, 15) is 9.18 Å². The van der Waals surface area contributed by atoms with Gasteiger partial charge in [-0.2, -0.15) is 0 Å². The van der Waals surface area contributed by atoms with Crippen molar-refractivity contribution in [3.8, 4) is 5.75 Å². The third-order valence-corrected chi connectivity index (χ3v) is 4.87. The average Bonchev–Trinajstić information content (AvgIpc) is 3.25. The number of hydrogen-bond acceptors (Lipinski definition) is 6. The van der Waals surface area contributed by atoms with Crippen molar-refractivity contribution in [1.29, 1.82) is 0 Å². The number of halogens is 1. The Hall–Kier alpha value is -3.62. The third kappa shape index (κ3) is 5.54. The number of aliphatic hydroxyl groups is 1. The number of azide groups is 1. The van der Waals surface area contributed by atoms with Crippen LogP contribution >= 0.6 is 0 Å². The number of benzene rings is 2. The molecule has 32 heavy (non-hydrogen) atoms. The van der Waals surface area contributed by atoms with Crippen LogP contribution in [0.3, 0.4) is 0 Å². The summed E-state index contributed by atoms with van der Waals surface area (Å²) >= 11 is 0. The van der Waals surface area contributed by atoms with E-state index in [0.29, 0.717) is 35.6 Å². The molecule has 2 N–H and O–H groups in total. The van der Waals surface area contributed by atoms with Crippen molar-refractivity contribution in [1.82, 2.24) is 5.32 Å². The minimum atomic E-state index is -1.33. The molecule has 0 aliphatic carbocycles. The van der Waals surface area contributed by atoms with E-state index < -0.39 is 18.1 Å². The summed E-state index contributed by atoms with van der Waals surface area (Å²) in [6.07, 6.45) is 0.650. The molecule has 9 nitrogen and oxygen atoms in total. The molecule has 168 valence electrons. The lowest BCUT2D eigenvalue weighted by Crippen LogP contribution is -2.49. The van der Waals surface area contributed by atoms with Crippen LogP contribution in [0.4, 0.5) is 10.1 Å².